The summed E-state index contributed by atoms with van der Waals surface area (Å²) in [4.78, 5) is 21.8. The number of H-pyrrole nitrogens is 1. The predicted molar refractivity (Wildman–Crippen MR) is 116 cm³/mol. The highest BCUT2D eigenvalue weighted by atomic mass is 35.5. The van der Waals surface area contributed by atoms with Gasteiger partial charge in [0.1, 0.15) is 5.69 Å². The number of ether oxygens (including phenoxy) is 1. The topological polar surface area (TPSA) is 58.2 Å². The average Bonchev–Trinajstić information content (AvgIpc) is 3.14. The maximum absolute atomic E-state index is 13.7. The second-order valence-corrected chi connectivity index (χ2v) is 8.49. The molecule has 3 heterocycles. The fourth-order valence-corrected chi connectivity index (χ4v) is 4.31. The molecular formula is C22H21Cl2F2N3O2. The molecule has 1 fully saturated rings. The van der Waals surface area contributed by atoms with Crippen molar-refractivity contribution < 1.29 is 18.3 Å². The lowest BCUT2D eigenvalue weighted by Gasteiger charge is -2.27. The first-order chi connectivity index (χ1) is 14.6. The second kappa shape index (κ2) is 8.37. The number of carbonyl (C=O) groups excluding carboxylic acids is 1. The molecule has 0 atom stereocenters. The van der Waals surface area contributed by atoms with E-state index in [9.17, 15) is 13.6 Å². The predicted octanol–water partition coefficient (Wildman–Crippen LogP) is 5.35. The lowest BCUT2D eigenvalue weighted by Crippen LogP contribution is -2.40. The van der Waals surface area contributed by atoms with Gasteiger partial charge in [0.05, 0.1) is 23.8 Å². The molecule has 1 saturated heterocycles. The molecule has 3 aromatic rings. The number of aromatic amines is 1. The molecule has 9 heteroatoms. The van der Waals surface area contributed by atoms with Crippen molar-refractivity contribution in [2.24, 2.45) is 0 Å². The van der Waals surface area contributed by atoms with Crippen LogP contribution in [0.25, 0.3) is 10.9 Å². The summed E-state index contributed by atoms with van der Waals surface area (Å²) in [6.07, 6.45) is 0.313. The van der Waals surface area contributed by atoms with Gasteiger partial charge in [-0.15, -0.1) is 0 Å². The third-order valence-corrected chi connectivity index (χ3v) is 6.18. The first-order valence-corrected chi connectivity index (χ1v) is 10.6. The van der Waals surface area contributed by atoms with Crippen LogP contribution in [0.2, 0.25) is 10.0 Å². The van der Waals surface area contributed by atoms with Gasteiger partial charge in [0.25, 0.3) is 11.8 Å². The minimum atomic E-state index is -3.04. The number of benzene rings is 1. The number of hydrogen-bond donors (Lipinski definition) is 1. The Bertz CT molecular complexity index is 1150. The number of carbonyl (C=O) groups is 1. The molecule has 0 bridgehead atoms. The Morgan fingerprint density at radius 1 is 1.26 bits per heavy atom. The molecule has 1 aliphatic rings. The van der Waals surface area contributed by atoms with Gasteiger partial charge in [0.15, 0.2) is 0 Å². The number of hydrogen-bond acceptors (Lipinski definition) is 3. The Kier molecular flexibility index (Phi) is 5.94. The highest BCUT2D eigenvalue weighted by molar-refractivity contribution is 6.38. The minimum Gasteiger partial charge on any atom is -0.378 e. The molecule has 1 N–H and O–H groups in total. The van der Waals surface area contributed by atoms with E-state index in [1.54, 1.807) is 24.0 Å². The first kappa shape index (κ1) is 22.0. The number of aromatic nitrogens is 2. The van der Waals surface area contributed by atoms with Gasteiger partial charge >= 0.3 is 0 Å². The van der Waals surface area contributed by atoms with Crippen molar-refractivity contribution in [1.82, 2.24) is 14.9 Å². The number of amides is 1. The van der Waals surface area contributed by atoms with Gasteiger partial charge in [-0.05, 0) is 36.8 Å². The fourth-order valence-electron chi connectivity index (χ4n) is 3.72. The summed E-state index contributed by atoms with van der Waals surface area (Å²) >= 11 is 13.0. The van der Waals surface area contributed by atoms with Gasteiger partial charge in [-0.3, -0.25) is 9.78 Å². The standard InChI is InChI=1S/C22H21Cl2F2N3O2/c1-12-15-9-13(28-18(15)11-19(27-12)22(2,25)26)10-16-17(23)4-3-14(20(16)24)21(30)29-5-7-31-8-6-29/h3-4,9,11,28H,5-8,10H2,1-2H3. The molecule has 0 saturated carbocycles. The van der Waals surface area contributed by atoms with Gasteiger partial charge in [-0.25, -0.2) is 0 Å². The van der Waals surface area contributed by atoms with Crippen LogP contribution in [0.5, 0.6) is 0 Å². The quantitative estimate of drug-likeness (QED) is 0.562. The number of rotatable bonds is 4. The van der Waals surface area contributed by atoms with E-state index in [4.69, 9.17) is 27.9 Å². The Labute approximate surface area is 188 Å². The molecule has 0 radical (unpaired) electrons. The number of aryl methyl sites for hydroxylation is 1. The van der Waals surface area contributed by atoms with Crippen LogP contribution in [0.3, 0.4) is 0 Å². The third-order valence-electron chi connectivity index (χ3n) is 5.39. The van der Waals surface area contributed by atoms with Gasteiger partial charge in [0, 0.05) is 53.7 Å². The summed E-state index contributed by atoms with van der Waals surface area (Å²) in [6.45, 7) is 4.51. The number of nitrogens with zero attached hydrogens (tertiary/aromatic N) is 2. The highest BCUT2D eigenvalue weighted by Crippen LogP contribution is 2.33. The van der Waals surface area contributed by atoms with Gasteiger partial charge in [0.2, 0.25) is 0 Å². The van der Waals surface area contributed by atoms with Crippen LogP contribution in [0.1, 0.15) is 39.9 Å². The number of alkyl halides is 2. The Morgan fingerprint density at radius 3 is 2.65 bits per heavy atom. The monoisotopic (exact) mass is 467 g/mol. The Balaban J connectivity index is 1.68. The molecule has 164 valence electrons. The lowest BCUT2D eigenvalue weighted by atomic mass is 10.0. The SMILES string of the molecule is Cc1nc(C(C)(F)F)cc2[nH]c(Cc3c(Cl)ccc(C(=O)N4CCOCC4)c3Cl)cc12. The van der Waals surface area contributed by atoms with E-state index in [0.717, 1.165) is 18.0 Å². The average molecular weight is 468 g/mol. The molecule has 1 aromatic carbocycles. The van der Waals surface area contributed by atoms with Crippen molar-refractivity contribution in [2.75, 3.05) is 26.3 Å². The van der Waals surface area contributed by atoms with Crippen LogP contribution < -0.4 is 0 Å². The maximum Gasteiger partial charge on any atom is 0.287 e. The van der Waals surface area contributed by atoms with E-state index < -0.39 is 5.92 Å². The normalized spacial score (nSPS) is 15.0. The Hall–Kier alpha value is -2.22. The number of pyridine rings is 1. The zero-order chi connectivity index (χ0) is 22.3. The molecular weight excluding hydrogens is 447 g/mol. The molecule has 1 aliphatic heterocycles. The number of halogens is 4. The Morgan fingerprint density at radius 2 is 1.97 bits per heavy atom. The summed E-state index contributed by atoms with van der Waals surface area (Å²) < 4.78 is 32.8. The van der Waals surface area contributed by atoms with Crippen LogP contribution >= 0.6 is 23.2 Å². The van der Waals surface area contributed by atoms with Crippen molar-refractivity contribution in [2.45, 2.75) is 26.2 Å². The van der Waals surface area contributed by atoms with Gasteiger partial charge in [-0.1, -0.05) is 23.2 Å². The summed E-state index contributed by atoms with van der Waals surface area (Å²) in [7, 11) is 0. The fraction of sp³-hybridized carbons (Fsp3) is 0.364. The van der Waals surface area contributed by atoms with E-state index in [2.05, 4.69) is 9.97 Å². The van der Waals surface area contributed by atoms with Crippen molar-refractivity contribution in [3.8, 4) is 0 Å². The molecule has 31 heavy (non-hydrogen) atoms. The van der Waals surface area contributed by atoms with Gasteiger partial charge < -0.3 is 14.6 Å². The molecule has 1 amide bonds. The second-order valence-electron chi connectivity index (χ2n) is 7.71. The van der Waals surface area contributed by atoms with Crippen LogP contribution in [0.4, 0.5) is 8.78 Å². The number of morpholine rings is 1. The van der Waals surface area contributed by atoms with E-state index in [0.29, 0.717) is 65.1 Å². The summed E-state index contributed by atoms with van der Waals surface area (Å²) in [6, 6.07) is 6.48. The molecule has 0 spiro atoms. The van der Waals surface area contributed by atoms with E-state index in [1.165, 1.54) is 6.07 Å². The zero-order valence-corrected chi connectivity index (χ0v) is 18.6. The summed E-state index contributed by atoms with van der Waals surface area (Å²) in [5, 5.41) is 1.46. The number of nitrogens with one attached hydrogen (secondary N) is 1. The van der Waals surface area contributed by atoms with E-state index in [-0.39, 0.29) is 11.6 Å². The van der Waals surface area contributed by atoms with Crippen LogP contribution in [-0.2, 0) is 17.1 Å². The lowest BCUT2D eigenvalue weighted by molar-refractivity contribution is 0.0128. The molecule has 5 nitrogen and oxygen atoms in total. The molecule has 0 unspecified atom stereocenters. The van der Waals surface area contributed by atoms with Crippen molar-refractivity contribution in [3.63, 3.8) is 0 Å². The van der Waals surface area contributed by atoms with E-state index in [1.807, 2.05) is 6.07 Å². The zero-order valence-electron chi connectivity index (χ0n) is 17.1. The highest BCUT2D eigenvalue weighted by Gasteiger charge is 2.28. The minimum absolute atomic E-state index is 0.169. The first-order valence-electron chi connectivity index (χ1n) is 9.86. The maximum atomic E-state index is 13.7. The molecule has 4 rings (SSSR count). The summed E-state index contributed by atoms with van der Waals surface area (Å²) in [5.41, 5.74) is 2.48. The van der Waals surface area contributed by atoms with Crippen molar-refractivity contribution >= 4 is 40.0 Å². The number of fused-ring (bicyclic) bond motifs is 1. The van der Waals surface area contributed by atoms with Crippen LogP contribution in [-0.4, -0.2) is 47.1 Å². The van der Waals surface area contributed by atoms with Crippen LogP contribution in [0, 0.1) is 6.92 Å². The molecule has 2 aromatic heterocycles. The third kappa shape index (κ3) is 4.40. The van der Waals surface area contributed by atoms with Crippen molar-refractivity contribution in [1.29, 1.82) is 0 Å². The van der Waals surface area contributed by atoms with Crippen molar-refractivity contribution in [3.05, 3.63) is 62.5 Å². The largest absolute Gasteiger partial charge is 0.378 e. The van der Waals surface area contributed by atoms with E-state index >= 15 is 0 Å². The smallest absolute Gasteiger partial charge is 0.287 e. The molecule has 0 aliphatic carbocycles. The summed E-state index contributed by atoms with van der Waals surface area (Å²) in [5.74, 6) is -3.21. The van der Waals surface area contributed by atoms with Crippen LogP contribution in [0.15, 0.2) is 24.3 Å². The van der Waals surface area contributed by atoms with Gasteiger partial charge in [-0.2, -0.15) is 8.78 Å².